The number of hydrogen-bond acceptors (Lipinski definition) is 7. The summed E-state index contributed by atoms with van der Waals surface area (Å²) in [6.07, 6.45) is 7.65. The van der Waals surface area contributed by atoms with E-state index in [0.717, 1.165) is 48.9 Å². The molecule has 2 bridgehead atoms. The normalized spacial score (nSPS) is 20.1. The maximum absolute atomic E-state index is 12.8. The van der Waals surface area contributed by atoms with Gasteiger partial charge < -0.3 is 4.90 Å². The van der Waals surface area contributed by atoms with E-state index in [0.29, 0.717) is 12.1 Å². The van der Waals surface area contributed by atoms with Gasteiger partial charge in [0.1, 0.15) is 11.5 Å². The molecule has 2 unspecified atom stereocenters. The van der Waals surface area contributed by atoms with E-state index in [4.69, 9.17) is 4.98 Å². The molecular weight excluding hydrogens is 462 g/mol. The van der Waals surface area contributed by atoms with E-state index in [9.17, 15) is 8.42 Å². The van der Waals surface area contributed by atoms with Crippen LogP contribution in [0.2, 0.25) is 0 Å². The number of anilines is 2. The standard InChI is InChI=1S/C25H27N7O2S/c1-2-11-30-16-20-14-19(30)17-32(20)25-28-22(15-24-27-10-12-31(24)25)18-8-9-26-23(13-18)29-35(33,34)21-6-4-3-5-7-21/h3-10,12-13,15,19-20H,2,11,14,16-17H2,1H3,(H,26,29). The summed E-state index contributed by atoms with van der Waals surface area (Å²) in [7, 11) is -3.74. The quantitative estimate of drug-likeness (QED) is 0.426. The molecule has 1 N–H and O–H groups in total. The molecule has 2 saturated heterocycles. The molecule has 0 radical (unpaired) electrons. The van der Waals surface area contributed by atoms with Crippen LogP contribution in [0, 0.1) is 0 Å². The number of pyridine rings is 1. The predicted molar refractivity (Wildman–Crippen MR) is 135 cm³/mol. The van der Waals surface area contributed by atoms with E-state index < -0.39 is 10.0 Å². The number of nitrogens with one attached hydrogen (secondary N) is 1. The third-order valence-electron chi connectivity index (χ3n) is 6.84. The highest BCUT2D eigenvalue weighted by atomic mass is 32.2. The van der Waals surface area contributed by atoms with Crippen LogP contribution in [0.1, 0.15) is 19.8 Å². The summed E-state index contributed by atoms with van der Waals surface area (Å²) in [5, 5.41) is 0. The Hall–Kier alpha value is -3.50. The van der Waals surface area contributed by atoms with E-state index >= 15 is 0 Å². The van der Waals surface area contributed by atoms with E-state index in [1.165, 1.54) is 6.42 Å². The van der Waals surface area contributed by atoms with Crippen molar-refractivity contribution >= 4 is 27.4 Å². The van der Waals surface area contributed by atoms with Crippen LogP contribution in [0.5, 0.6) is 0 Å². The van der Waals surface area contributed by atoms with Gasteiger partial charge in [-0.15, -0.1) is 0 Å². The summed E-state index contributed by atoms with van der Waals surface area (Å²) in [6.45, 7) is 5.38. The van der Waals surface area contributed by atoms with Gasteiger partial charge in [0, 0.05) is 55.4 Å². The zero-order valence-electron chi connectivity index (χ0n) is 19.4. The van der Waals surface area contributed by atoms with Crippen LogP contribution in [-0.2, 0) is 10.0 Å². The highest BCUT2D eigenvalue weighted by Gasteiger charge is 2.44. The van der Waals surface area contributed by atoms with Crippen molar-refractivity contribution in [3.8, 4) is 11.3 Å². The summed E-state index contributed by atoms with van der Waals surface area (Å²) >= 11 is 0. The van der Waals surface area contributed by atoms with Crippen LogP contribution in [0.4, 0.5) is 11.8 Å². The van der Waals surface area contributed by atoms with E-state index in [2.05, 4.69) is 31.4 Å². The fraction of sp³-hybridized carbons (Fsp3) is 0.320. The minimum Gasteiger partial charge on any atom is -0.336 e. The Balaban J connectivity index is 1.33. The summed E-state index contributed by atoms with van der Waals surface area (Å²) in [5.74, 6) is 1.12. The predicted octanol–water partition coefficient (Wildman–Crippen LogP) is 3.27. The van der Waals surface area contributed by atoms with Gasteiger partial charge in [0.2, 0.25) is 5.95 Å². The number of piperazine rings is 1. The van der Waals surface area contributed by atoms with Crippen LogP contribution >= 0.6 is 0 Å². The van der Waals surface area contributed by atoms with Crippen molar-refractivity contribution in [2.75, 3.05) is 29.3 Å². The van der Waals surface area contributed by atoms with Crippen molar-refractivity contribution < 1.29 is 8.42 Å². The highest BCUT2D eigenvalue weighted by molar-refractivity contribution is 7.92. The molecule has 2 fully saturated rings. The molecule has 2 aliphatic rings. The molecule has 9 nitrogen and oxygen atoms in total. The van der Waals surface area contributed by atoms with E-state index in [1.54, 1.807) is 48.8 Å². The number of nitrogens with zero attached hydrogens (tertiary/aromatic N) is 6. The topological polar surface area (TPSA) is 95.7 Å². The van der Waals surface area contributed by atoms with Gasteiger partial charge in [0.15, 0.2) is 0 Å². The van der Waals surface area contributed by atoms with Crippen molar-refractivity contribution in [2.45, 2.75) is 36.7 Å². The Kier molecular flexibility index (Phi) is 5.42. The lowest BCUT2D eigenvalue weighted by Gasteiger charge is -2.35. The van der Waals surface area contributed by atoms with Gasteiger partial charge in [-0.05, 0) is 43.7 Å². The second-order valence-electron chi connectivity index (χ2n) is 9.14. The fourth-order valence-electron chi connectivity index (χ4n) is 5.25. The summed E-state index contributed by atoms with van der Waals surface area (Å²) in [6, 6.07) is 14.7. The lowest BCUT2D eigenvalue weighted by atomic mass is 10.2. The highest BCUT2D eigenvalue weighted by Crippen LogP contribution is 2.35. The number of fused-ring (bicyclic) bond motifs is 3. The Morgan fingerprint density at radius 3 is 2.66 bits per heavy atom. The molecule has 10 heteroatoms. The first-order valence-corrected chi connectivity index (χ1v) is 13.4. The van der Waals surface area contributed by atoms with Crippen LogP contribution in [0.15, 0.2) is 72.0 Å². The van der Waals surface area contributed by atoms with Gasteiger partial charge >= 0.3 is 0 Å². The average Bonchev–Trinajstić information content (AvgIpc) is 3.60. The molecule has 3 aromatic heterocycles. The monoisotopic (exact) mass is 489 g/mol. The minimum atomic E-state index is -3.74. The Labute approximate surface area is 204 Å². The van der Waals surface area contributed by atoms with Crippen molar-refractivity contribution in [1.82, 2.24) is 24.3 Å². The van der Waals surface area contributed by atoms with Crippen molar-refractivity contribution in [2.24, 2.45) is 0 Å². The molecule has 2 aliphatic heterocycles. The number of hydrogen-bond donors (Lipinski definition) is 1. The van der Waals surface area contributed by atoms with Gasteiger partial charge in [-0.1, -0.05) is 25.1 Å². The van der Waals surface area contributed by atoms with Crippen LogP contribution in [0.3, 0.4) is 0 Å². The number of imidazole rings is 1. The summed E-state index contributed by atoms with van der Waals surface area (Å²) in [5.41, 5.74) is 2.31. The third kappa shape index (κ3) is 4.02. The summed E-state index contributed by atoms with van der Waals surface area (Å²) < 4.78 is 30.2. The Morgan fingerprint density at radius 2 is 1.89 bits per heavy atom. The van der Waals surface area contributed by atoms with Crippen molar-refractivity contribution in [1.29, 1.82) is 0 Å². The molecule has 0 saturated carbocycles. The Bertz CT molecular complexity index is 1470. The lowest BCUT2D eigenvalue weighted by molar-refractivity contribution is 0.238. The number of rotatable bonds is 7. The molecule has 2 atom stereocenters. The number of benzene rings is 1. The fourth-order valence-corrected chi connectivity index (χ4v) is 6.28. The van der Waals surface area contributed by atoms with Crippen LogP contribution in [0.25, 0.3) is 16.9 Å². The number of sulfonamides is 1. The maximum Gasteiger partial charge on any atom is 0.263 e. The van der Waals surface area contributed by atoms with Crippen LogP contribution in [-0.4, -0.2) is 64.4 Å². The molecule has 5 heterocycles. The molecule has 6 rings (SSSR count). The maximum atomic E-state index is 12.8. The average molecular weight is 490 g/mol. The largest absolute Gasteiger partial charge is 0.336 e. The van der Waals surface area contributed by atoms with E-state index in [-0.39, 0.29) is 10.7 Å². The molecule has 1 aromatic carbocycles. The first-order valence-electron chi connectivity index (χ1n) is 11.9. The Morgan fingerprint density at radius 1 is 1.03 bits per heavy atom. The molecule has 180 valence electrons. The zero-order valence-corrected chi connectivity index (χ0v) is 20.3. The first-order chi connectivity index (χ1) is 17.0. The second-order valence-corrected chi connectivity index (χ2v) is 10.8. The molecular formula is C25H27N7O2S. The van der Waals surface area contributed by atoms with Gasteiger partial charge in [-0.2, -0.15) is 0 Å². The summed E-state index contributed by atoms with van der Waals surface area (Å²) in [4.78, 5) is 19.0. The zero-order chi connectivity index (χ0) is 24.0. The van der Waals surface area contributed by atoms with Crippen molar-refractivity contribution in [3.05, 3.63) is 67.1 Å². The van der Waals surface area contributed by atoms with Gasteiger partial charge in [0.05, 0.1) is 10.6 Å². The number of aromatic nitrogens is 4. The lowest BCUT2D eigenvalue weighted by Crippen LogP contribution is -2.47. The molecule has 4 aromatic rings. The van der Waals surface area contributed by atoms with E-state index in [1.807, 2.05) is 22.7 Å². The van der Waals surface area contributed by atoms with Crippen LogP contribution < -0.4 is 9.62 Å². The molecule has 0 aliphatic carbocycles. The van der Waals surface area contributed by atoms with Gasteiger partial charge in [-0.25, -0.2) is 23.4 Å². The molecule has 0 amide bonds. The van der Waals surface area contributed by atoms with Gasteiger partial charge in [-0.3, -0.25) is 14.0 Å². The molecule has 0 spiro atoms. The smallest absolute Gasteiger partial charge is 0.263 e. The minimum absolute atomic E-state index is 0.188. The first kappa shape index (κ1) is 22.0. The second kappa shape index (κ2) is 8.62. The van der Waals surface area contributed by atoms with Crippen molar-refractivity contribution in [3.63, 3.8) is 0 Å². The third-order valence-corrected chi connectivity index (χ3v) is 8.21. The molecule has 35 heavy (non-hydrogen) atoms. The number of likely N-dealkylation sites (tertiary alicyclic amines) is 1. The van der Waals surface area contributed by atoms with Gasteiger partial charge in [0.25, 0.3) is 10.0 Å². The SMILES string of the molecule is CCCN1CC2CC1CN2c1nc(-c2ccnc(NS(=O)(=O)c3ccccc3)c2)cc2nccn12.